The van der Waals surface area contributed by atoms with Gasteiger partial charge in [-0.3, -0.25) is 4.79 Å². The largest absolute Gasteiger partial charge is 0.487 e. The molecule has 0 bridgehead atoms. The normalized spacial score (nSPS) is 14.0. The van der Waals surface area contributed by atoms with Crippen molar-refractivity contribution in [1.82, 2.24) is 20.3 Å². The number of nitrogens with one attached hydrogen (secondary N) is 1. The van der Waals surface area contributed by atoms with Gasteiger partial charge < -0.3 is 10.1 Å². The molecule has 1 heterocycles. The van der Waals surface area contributed by atoms with E-state index < -0.39 is 0 Å². The Labute approximate surface area is 123 Å². The van der Waals surface area contributed by atoms with E-state index in [1.807, 2.05) is 31.2 Å². The van der Waals surface area contributed by atoms with Crippen molar-refractivity contribution in [3.63, 3.8) is 0 Å². The predicted molar refractivity (Wildman–Crippen MR) is 76.7 cm³/mol. The van der Waals surface area contributed by atoms with Gasteiger partial charge in [-0.25, -0.2) is 4.68 Å². The van der Waals surface area contributed by atoms with Crippen molar-refractivity contribution >= 4 is 5.91 Å². The fraction of sp³-hybridized carbons (Fsp3) is 0.400. The minimum absolute atomic E-state index is 0.0199. The number of ether oxygens (including phenoxy) is 1. The molecule has 1 amide bonds. The van der Waals surface area contributed by atoms with Crippen LogP contribution in [0.2, 0.25) is 0 Å². The summed E-state index contributed by atoms with van der Waals surface area (Å²) in [4.78, 5) is 11.7. The second kappa shape index (κ2) is 5.95. The number of carbonyl (C=O) groups excluding carboxylic acids is 1. The van der Waals surface area contributed by atoms with Gasteiger partial charge in [0.1, 0.15) is 24.6 Å². The average Bonchev–Trinajstić information content (AvgIpc) is 3.14. The molecule has 1 N–H and O–H groups in total. The van der Waals surface area contributed by atoms with Gasteiger partial charge in [0.25, 0.3) is 0 Å². The van der Waals surface area contributed by atoms with Crippen LogP contribution in [0, 0.1) is 6.92 Å². The highest BCUT2D eigenvalue weighted by molar-refractivity contribution is 5.76. The third kappa shape index (κ3) is 4.05. The zero-order chi connectivity index (χ0) is 14.7. The Hall–Kier alpha value is -2.37. The summed E-state index contributed by atoms with van der Waals surface area (Å²) >= 11 is 0. The van der Waals surface area contributed by atoms with Gasteiger partial charge in [0, 0.05) is 6.04 Å². The molecule has 1 aliphatic rings. The second-order valence-electron chi connectivity index (χ2n) is 5.35. The number of nitrogens with zero attached hydrogens (tertiary/aromatic N) is 3. The number of hydrogen-bond donors (Lipinski definition) is 1. The highest BCUT2D eigenvalue weighted by Gasteiger charge is 2.23. The zero-order valence-corrected chi connectivity index (χ0v) is 12.0. The van der Waals surface area contributed by atoms with E-state index in [2.05, 4.69) is 15.6 Å². The first-order valence-electron chi connectivity index (χ1n) is 7.07. The van der Waals surface area contributed by atoms with E-state index in [1.54, 1.807) is 6.20 Å². The molecule has 6 nitrogen and oxygen atoms in total. The molecule has 3 rings (SSSR count). The van der Waals surface area contributed by atoms with Gasteiger partial charge in [-0.1, -0.05) is 17.3 Å². The lowest BCUT2D eigenvalue weighted by Gasteiger charge is -2.04. The highest BCUT2D eigenvalue weighted by Crippen LogP contribution is 2.18. The molecule has 0 atom stereocenters. The Kier molecular flexibility index (Phi) is 3.85. The second-order valence-corrected chi connectivity index (χ2v) is 5.35. The van der Waals surface area contributed by atoms with Crippen molar-refractivity contribution in [3.05, 3.63) is 41.7 Å². The van der Waals surface area contributed by atoms with Crippen LogP contribution in [0.4, 0.5) is 0 Å². The van der Waals surface area contributed by atoms with Gasteiger partial charge in [0.2, 0.25) is 5.91 Å². The maximum absolute atomic E-state index is 11.7. The molecular formula is C15H18N4O2. The Balaban J connectivity index is 1.51. The summed E-state index contributed by atoms with van der Waals surface area (Å²) in [5.41, 5.74) is 1.85. The predicted octanol–water partition coefficient (Wildman–Crippen LogP) is 1.44. The molecule has 21 heavy (non-hydrogen) atoms. The molecule has 2 aromatic rings. The molecule has 1 aliphatic carbocycles. The van der Waals surface area contributed by atoms with Crippen molar-refractivity contribution in [1.29, 1.82) is 0 Å². The van der Waals surface area contributed by atoms with Gasteiger partial charge >= 0.3 is 0 Å². The Bertz CT molecular complexity index is 634. The molecule has 0 unspecified atom stereocenters. The molecule has 1 aromatic carbocycles. The molecule has 1 fully saturated rings. The van der Waals surface area contributed by atoms with E-state index in [0.29, 0.717) is 18.3 Å². The number of amides is 1. The van der Waals surface area contributed by atoms with E-state index in [4.69, 9.17) is 4.74 Å². The van der Waals surface area contributed by atoms with Crippen molar-refractivity contribution in [2.24, 2.45) is 0 Å². The first-order chi connectivity index (χ1) is 10.2. The van der Waals surface area contributed by atoms with Crippen molar-refractivity contribution < 1.29 is 9.53 Å². The van der Waals surface area contributed by atoms with Gasteiger partial charge in [-0.15, -0.1) is 5.10 Å². The monoisotopic (exact) mass is 286 g/mol. The Morgan fingerprint density at radius 1 is 1.48 bits per heavy atom. The number of carbonyl (C=O) groups is 1. The summed E-state index contributed by atoms with van der Waals surface area (Å²) in [6.07, 6.45) is 3.90. The lowest BCUT2D eigenvalue weighted by atomic mass is 10.2. The summed E-state index contributed by atoms with van der Waals surface area (Å²) in [5.74, 6) is 0.782. The minimum Gasteiger partial charge on any atom is -0.487 e. The Morgan fingerprint density at radius 3 is 3.10 bits per heavy atom. The van der Waals surface area contributed by atoms with Crippen LogP contribution in [0.1, 0.15) is 24.1 Å². The standard InChI is InChI=1S/C15H18N4O2/c1-11-3-2-4-14(7-11)21-10-13-8-19(18-17-13)9-15(20)16-12-5-6-12/h2-4,7-8,12H,5-6,9-10H2,1H3,(H,16,20). The van der Waals surface area contributed by atoms with Gasteiger partial charge in [-0.05, 0) is 37.5 Å². The van der Waals surface area contributed by atoms with Crippen LogP contribution >= 0.6 is 0 Å². The van der Waals surface area contributed by atoms with Crippen molar-refractivity contribution in [2.45, 2.75) is 39.0 Å². The van der Waals surface area contributed by atoms with Gasteiger partial charge in [0.05, 0.1) is 6.20 Å². The first-order valence-corrected chi connectivity index (χ1v) is 7.07. The third-order valence-electron chi connectivity index (χ3n) is 3.21. The SMILES string of the molecule is Cc1cccc(OCc2cn(CC(=O)NC3CC3)nn2)c1. The molecule has 1 saturated carbocycles. The average molecular weight is 286 g/mol. The maximum atomic E-state index is 11.7. The number of aryl methyl sites for hydroxylation is 1. The van der Waals surface area contributed by atoms with Crippen molar-refractivity contribution in [3.8, 4) is 5.75 Å². The summed E-state index contributed by atoms with van der Waals surface area (Å²) in [6, 6.07) is 8.20. The molecule has 6 heteroatoms. The van der Waals surface area contributed by atoms with Crippen LogP contribution in [0.25, 0.3) is 0 Å². The van der Waals surface area contributed by atoms with E-state index in [1.165, 1.54) is 4.68 Å². The van der Waals surface area contributed by atoms with E-state index in [0.717, 1.165) is 24.2 Å². The lowest BCUT2D eigenvalue weighted by molar-refractivity contribution is -0.122. The topological polar surface area (TPSA) is 69.0 Å². The fourth-order valence-corrected chi connectivity index (χ4v) is 1.99. The van der Waals surface area contributed by atoms with E-state index in [9.17, 15) is 4.79 Å². The quantitative estimate of drug-likeness (QED) is 0.872. The van der Waals surface area contributed by atoms with Crippen LogP contribution < -0.4 is 10.1 Å². The zero-order valence-electron chi connectivity index (χ0n) is 12.0. The molecule has 0 spiro atoms. The van der Waals surface area contributed by atoms with E-state index >= 15 is 0 Å². The molecule has 0 saturated heterocycles. The number of rotatable bonds is 6. The number of aromatic nitrogens is 3. The molecule has 0 aliphatic heterocycles. The molecule has 110 valence electrons. The maximum Gasteiger partial charge on any atom is 0.242 e. The summed E-state index contributed by atoms with van der Waals surface area (Å²) in [7, 11) is 0. The summed E-state index contributed by atoms with van der Waals surface area (Å²) < 4.78 is 7.18. The third-order valence-corrected chi connectivity index (χ3v) is 3.21. The first kappa shape index (κ1) is 13.6. The van der Waals surface area contributed by atoms with Gasteiger partial charge in [0.15, 0.2) is 0 Å². The van der Waals surface area contributed by atoms with Crippen LogP contribution in [0.3, 0.4) is 0 Å². The Morgan fingerprint density at radius 2 is 2.33 bits per heavy atom. The fourth-order valence-electron chi connectivity index (χ4n) is 1.99. The smallest absolute Gasteiger partial charge is 0.242 e. The number of hydrogen-bond acceptors (Lipinski definition) is 4. The number of benzene rings is 1. The van der Waals surface area contributed by atoms with Crippen LogP contribution in [0.15, 0.2) is 30.5 Å². The van der Waals surface area contributed by atoms with Crippen LogP contribution in [-0.2, 0) is 17.9 Å². The summed E-state index contributed by atoms with van der Waals surface area (Å²) in [6.45, 7) is 2.56. The van der Waals surface area contributed by atoms with Crippen LogP contribution in [0.5, 0.6) is 5.75 Å². The van der Waals surface area contributed by atoms with Crippen molar-refractivity contribution in [2.75, 3.05) is 0 Å². The van der Waals surface area contributed by atoms with Gasteiger partial charge in [-0.2, -0.15) is 0 Å². The minimum atomic E-state index is -0.0199. The molecule has 0 radical (unpaired) electrons. The highest BCUT2D eigenvalue weighted by atomic mass is 16.5. The van der Waals surface area contributed by atoms with Crippen LogP contribution in [-0.4, -0.2) is 26.9 Å². The lowest BCUT2D eigenvalue weighted by Crippen LogP contribution is -2.29. The van der Waals surface area contributed by atoms with E-state index in [-0.39, 0.29) is 12.5 Å². The molecule has 1 aromatic heterocycles. The molecular weight excluding hydrogens is 268 g/mol. The summed E-state index contributed by atoms with van der Waals surface area (Å²) in [5, 5.41) is 10.9.